The summed E-state index contributed by atoms with van der Waals surface area (Å²) < 4.78 is 0. The highest BCUT2D eigenvalue weighted by Gasteiger charge is 2.21. The van der Waals surface area contributed by atoms with E-state index in [1.165, 1.54) is 0 Å². The Balaban J connectivity index is 4.42. The van der Waals surface area contributed by atoms with E-state index in [9.17, 15) is 9.59 Å². The lowest BCUT2D eigenvalue weighted by Crippen LogP contribution is -2.41. The number of nitrogens with one attached hydrogen (secondary N) is 1. The van der Waals surface area contributed by atoms with E-state index in [4.69, 9.17) is 5.11 Å². The minimum Gasteiger partial charge on any atom is -0.480 e. The second-order valence-corrected chi connectivity index (χ2v) is 3.97. The molecule has 0 heterocycles. The van der Waals surface area contributed by atoms with Crippen LogP contribution in [0.4, 0.5) is 0 Å². The number of hydrogen-bond acceptors (Lipinski definition) is 2. The summed E-state index contributed by atoms with van der Waals surface area (Å²) in [7, 11) is 0. The van der Waals surface area contributed by atoms with E-state index in [-0.39, 0.29) is 11.8 Å². The highest BCUT2D eigenvalue weighted by Crippen LogP contribution is 2.05. The van der Waals surface area contributed by atoms with Gasteiger partial charge in [-0.2, -0.15) is 0 Å². The quantitative estimate of drug-likeness (QED) is 0.681. The third-order valence-electron chi connectivity index (χ3n) is 2.10. The molecule has 0 aromatic carbocycles. The van der Waals surface area contributed by atoms with E-state index in [1.807, 2.05) is 13.8 Å². The highest BCUT2D eigenvalue weighted by atomic mass is 16.4. The van der Waals surface area contributed by atoms with E-state index in [2.05, 4.69) is 5.32 Å². The fraction of sp³-hybridized carbons (Fsp3) is 0.636. The Hall–Kier alpha value is -1.32. The molecule has 0 saturated carbocycles. The summed E-state index contributed by atoms with van der Waals surface area (Å²) in [6.07, 6.45) is 2.10. The maximum Gasteiger partial charge on any atom is 0.326 e. The Morgan fingerprint density at radius 3 is 2.27 bits per heavy atom. The number of carboxylic acids is 1. The first-order valence-electron chi connectivity index (χ1n) is 5.05. The zero-order chi connectivity index (χ0) is 12.0. The van der Waals surface area contributed by atoms with Crippen LogP contribution >= 0.6 is 0 Å². The smallest absolute Gasteiger partial charge is 0.326 e. The number of amides is 1. The minimum atomic E-state index is -0.985. The number of carbonyl (C=O) groups excluding carboxylic acids is 1. The molecule has 1 unspecified atom stereocenters. The third-order valence-corrected chi connectivity index (χ3v) is 2.10. The predicted octanol–water partition coefficient (Wildman–Crippen LogP) is 1.57. The molecule has 2 N–H and O–H groups in total. The van der Waals surface area contributed by atoms with Crippen LogP contribution in [-0.2, 0) is 9.59 Å². The van der Waals surface area contributed by atoms with Crippen molar-refractivity contribution in [1.82, 2.24) is 5.32 Å². The normalized spacial score (nSPS) is 13.8. The van der Waals surface area contributed by atoms with Crippen LogP contribution in [0.2, 0.25) is 0 Å². The molecule has 1 atom stereocenters. The van der Waals surface area contributed by atoms with Gasteiger partial charge in [-0.05, 0) is 26.2 Å². The van der Waals surface area contributed by atoms with Gasteiger partial charge in [0.25, 0.3) is 0 Å². The van der Waals surface area contributed by atoms with Crippen LogP contribution in [0, 0.1) is 5.92 Å². The van der Waals surface area contributed by atoms with Crippen LogP contribution in [0.5, 0.6) is 0 Å². The van der Waals surface area contributed by atoms with Crippen molar-refractivity contribution >= 4 is 11.9 Å². The van der Waals surface area contributed by atoms with Gasteiger partial charge in [0.2, 0.25) is 5.91 Å². The van der Waals surface area contributed by atoms with Gasteiger partial charge in [0.15, 0.2) is 0 Å². The summed E-state index contributed by atoms with van der Waals surface area (Å²) >= 11 is 0. The summed E-state index contributed by atoms with van der Waals surface area (Å²) in [6.45, 7) is 7.24. The summed E-state index contributed by atoms with van der Waals surface area (Å²) in [5, 5.41) is 11.4. The molecule has 4 heteroatoms. The average Bonchev–Trinajstić information content (AvgIpc) is 2.14. The Morgan fingerprint density at radius 1 is 1.40 bits per heavy atom. The molecule has 0 saturated heterocycles. The topological polar surface area (TPSA) is 66.4 Å². The van der Waals surface area contributed by atoms with Crippen molar-refractivity contribution in [3.05, 3.63) is 11.6 Å². The van der Waals surface area contributed by atoms with Crippen LogP contribution in [0.25, 0.3) is 0 Å². The first-order valence-corrected chi connectivity index (χ1v) is 5.05. The van der Waals surface area contributed by atoms with Crippen molar-refractivity contribution in [1.29, 1.82) is 0 Å². The monoisotopic (exact) mass is 213 g/mol. The van der Waals surface area contributed by atoms with Crippen LogP contribution in [-0.4, -0.2) is 23.0 Å². The van der Waals surface area contributed by atoms with Crippen molar-refractivity contribution in [2.45, 2.75) is 40.2 Å². The van der Waals surface area contributed by atoms with E-state index in [0.717, 1.165) is 0 Å². The van der Waals surface area contributed by atoms with Crippen molar-refractivity contribution in [3.63, 3.8) is 0 Å². The molecule has 0 fully saturated rings. The molecule has 0 aromatic rings. The number of rotatable bonds is 5. The zero-order valence-electron chi connectivity index (χ0n) is 9.70. The lowest BCUT2D eigenvalue weighted by molar-refractivity contribution is -0.141. The molecule has 4 nitrogen and oxygen atoms in total. The fourth-order valence-electron chi connectivity index (χ4n) is 1.10. The lowest BCUT2D eigenvalue weighted by atomic mass is 10.0. The van der Waals surface area contributed by atoms with Gasteiger partial charge in [0.1, 0.15) is 6.04 Å². The van der Waals surface area contributed by atoms with Gasteiger partial charge < -0.3 is 10.4 Å². The molecule has 0 radical (unpaired) electrons. The second-order valence-electron chi connectivity index (χ2n) is 3.97. The van der Waals surface area contributed by atoms with Gasteiger partial charge in [-0.25, -0.2) is 4.79 Å². The molecule has 0 aliphatic rings. The third kappa shape index (κ3) is 5.20. The minimum absolute atomic E-state index is 0.234. The van der Waals surface area contributed by atoms with E-state index in [0.29, 0.717) is 12.0 Å². The number of carbonyl (C=O) groups is 2. The molecule has 0 spiro atoms. The van der Waals surface area contributed by atoms with Gasteiger partial charge in [-0.1, -0.05) is 19.9 Å². The van der Waals surface area contributed by atoms with Crippen molar-refractivity contribution in [2.75, 3.05) is 0 Å². The van der Waals surface area contributed by atoms with Crippen LogP contribution < -0.4 is 5.32 Å². The number of allylic oxidation sites excluding steroid dienone is 1. The Labute approximate surface area is 90.4 Å². The largest absolute Gasteiger partial charge is 0.480 e. The lowest BCUT2D eigenvalue weighted by Gasteiger charge is -2.16. The van der Waals surface area contributed by atoms with Crippen molar-refractivity contribution < 1.29 is 14.7 Å². The highest BCUT2D eigenvalue weighted by molar-refractivity contribution is 5.95. The second kappa shape index (κ2) is 6.22. The summed E-state index contributed by atoms with van der Waals surface area (Å²) in [5.41, 5.74) is 0.532. The van der Waals surface area contributed by atoms with Crippen molar-refractivity contribution in [2.24, 2.45) is 5.92 Å². The molecule has 0 aliphatic heterocycles. The summed E-state index contributed by atoms with van der Waals surface area (Å²) in [5.74, 6) is -1.07. The van der Waals surface area contributed by atoms with Gasteiger partial charge in [0.05, 0.1) is 0 Å². The van der Waals surface area contributed by atoms with Crippen LogP contribution in [0.3, 0.4) is 0 Å². The van der Waals surface area contributed by atoms with E-state index < -0.39 is 12.0 Å². The number of hydrogen-bond donors (Lipinski definition) is 2. The van der Waals surface area contributed by atoms with Crippen LogP contribution in [0.15, 0.2) is 11.6 Å². The zero-order valence-corrected chi connectivity index (χ0v) is 9.70. The predicted molar refractivity (Wildman–Crippen MR) is 58.5 cm³/mol. The Morgan fingerprint density at radius 2 is 1.93 bits per heavy atom. The van der Waals surface area contributed by atoms with Crippen molar-refractivity contribution in [3.8, 4) is 0 Å². The van der Waals surface area contributed by atoms with E-state index >= 15 is 0 Å². The first kappa shape index (κ1) is 13.7. The number of aliphatic carboxylic acids is 1. The van der Waals surface area contributed by atoms with E-state index in [1.54, 1.807) is 19.9 Å². The van der Waals surface area contributed by atoms with Gasteiger partial charge in [0, 0.05) is 5.57 Å². The molecule has 1 amide bonds. The maximum absolute atomic E-state index is 11.4. The molecule has 0 bridgehead atoms. The van der Waals surface area contributed by atoms with Gasteiger partial charge in [-0.15, -0.1) is 0 Å². The average molecular weight is 213 g/mol. The molecule has 0 aliphatic carbocycles. The SMILES string of the molecule is C/C=C(/C)C(=O)NC(CC(C)C)C(=O)O. The molecule has 15 heavy (non-hydrogen) atoms. The number of carboxylic acid groups (broad SMARTS) is 1. The summed E-state index contributed by atoms with van der Waals surface area (Å²) in [4.78, 5) is 22.3. The molecule has 0 aromatic heterocycles. The molecule has 86 valence electrons. The van der Waals surface area contributed by atoms with Gasteiger partial charge in [-0.3, -0.25) is 4.79 Å². The molecule has 0 rings (SSSR count). The standard InChI is InChI=1S/C11H19NO3/c1-5-8(4)10(13)12-9(11(14)15)6-7(2)3/h5,7,9H,6H2,1-4H3,(H,12,13)(H,14,15)/b8-5-. The molecular formula is C11H19NO3. The summed E-state index contributed by atoms with van der Waals surface area (Å²) in [6, 6.07) is -0.799. The Bertz CT molecular complexity index is 269. The van der Waals surface area contributed by atoms with Gasteiger partial charge >= 0.3 is 5.97 Å². The maximum atomic E-state index is 11.4. The molecular weight excluding hydrogens is 194 g/mol. The van der Waals surface area contributed by atoms with Crippen LogP contribution in [0.1, 0.15) is 34.1 Å². The fourth-order valence-corrected chi connectivity index (χ4v) is 1.10. The first-order chi connectivity index (χ1) is 6.88. The Kier molecular flexibility index (Phi) is 5.67.